The first kappa shape index (κ1) is 19.3. The van der Waals surface area contributed by atoms with Crippen LogP contribution >= 0.6 is 0 Å². The number of benzene rings is 1. The zero-order valence-electron chi connectivity index (χ0n) is 15.5. The Morgan fingerprint density at radius 3 is 2.93 bits per heavy atom. The number of halogens is 3. The van der Waals surface area contributed by atoms with Crippen molar-refractivity contribution in [2.75, 3.05) is 6.79 Å². The molecule has 2 aliphatic rings. The Labute approximate surface area is 164 Å². The van der Waals surface area contributed by atoms with E-state index in [0.29, 0.717) is 23.1 Å². The van der Waals surface area contributed by atoms with E-state index in [1.54, 1.807) is 25.1 Å². The maximum Gasteiger partial charge on any atom is 0.393 e. The molecule has 0 aliphatic carbocycles. The van der Waals surface area contributed by atoms with Gasteiger partial charge < -0.3 is 24.1 Å². The Morgan fingerprint density at radius 1 is 1.34 bits per heavy atom. The third-order valence-corrected chi connectivity index (χ3v) is 4.93. The number of fused-ring (bicyclic) bond motifs is 2. The predicted molar refractivity (Wildman–Crippen MR) is 92.4 cm³/mol. The van der Waals surface area contributed by atoms with Gasteiger partial charge in [0.05, 0.1) is 12.5 Å². The molecular weight excluding hydrogens is 393 g/mol. The summed E-state index contributed by atoms with van der Waals surface area (Å²) in [6, 6.07) is 4.96. The van der Waals surface area contributed by atoms with Crippen LogP contribution in [0.3, 0.4) is 0 Å². The van der Waals surface area contributed by atoms with Crippen molar-refractivity contribution >= 4 is 5.91 Å². The summed E-state index contributed by atoms with van der Waals surface area (Å²) >= 11 is 0. The van der Waals surface area contributed by atoms with Gasteiger partial charge >= 0.3 is 6.18 Å². The lowest BCUT2D eigenvalue weighted by Crippen LogP contribution is -2.37. The summed E-state index contributed by atoms with van der Waals surface area (Å²) in [7, 11) is 0. The van der Waals surface area contributed by atoms with Crippen molar-refractivity contribution in [3.8, 4) is 17.2 Å². The number of aromatic nitrogens is 3. The number of carbonyl (C=O) groups excluding carboxylic acids is 1. The minimum Gasteiger partial charge on any atom is -0.481 e. The van der Waals surface area contributed by atoms with Crippen molar-refractivity contribution in [1.29, 1.82) is 0 Å². The van der Waals surface area contributed by atoms with Gasteiger partial charge in [-0.15, -0.1) is 10.2 Å². The zero-order valence-corrected chi connectivity index (χ0v) is 15.5. The van der Waals surface area contributed by atoms with Crippen LogP contribution in [-0.2, 0) is 24.3 Å². The van der Waals surface area contributed by atoms with Gasteiger partial charge in [-0.1, -0.05) is 0 Å². The van der Waals surface area contributed by atoms with Crippen LogP contribution in [0.15, 0.2) is 18.2 Å². The van der Waals surface area contributed by atoms with E-state index in [1.165, 1.54) is 4.57 Å². The molecule has 8 nitrogen and oxygen atoms in total. The Bertz CT molecular complexity index is 915. The van der Waals surface area contributed by atoms with Gasteiger partial charge in [-0.3, -0.25) is 4.79 Å². The van der Waals surface area contributed by atoms with Gasteiger partial charge in [-0.05, 0) is 25.5 Å². The highest BCUT2D eigenvalue weighted by Gasteiger charge is 2.42. The molecule has 0 radical (unpaired) electrons. The van der Waals surface area contributed by atoms with Crippen LogP contribution in [0.25, 0.3) is 0 Å². The molecular formula is C18H19F3N4O4. The molecule has 0 bridgehead atoms. The third-order valence-electron chi connectivity index (χ3n) is 4.93. The normalized spacial score (nSPS) is 18.8. The van der Waals surface area contributed by atoms with Gasteiger partial charge in [0.25, 0.3) is 5.91 Å². The number of nitrogens with zero attached hydrogens (tertiary/aromatic N) is 3. The summed E-state index contributed by atoms with van der Waals surface area (Å²) < 4.78 is 56.6. The Hall–Kier alpha value is -2.98. The van der Waals surface area contributed by atoms with E-state index < -0.39 is 24.1 Å². The SMILES string of the molecule is CC(Oc1ccc2c(c1)OCO2)C(=O)NCc1nnc2n1CC(C(F)(F)F)CC2. The van der Waals surface area contributed by atoms with Gasteiger partial charge in [0, 0.05) is 19.0 Å². The van der Waals surface area contributed by atoms with Crippen LogP contribution in [0, 0.1) is 5.92 Å². The van der Waals surface area contributed by atoms with Crippen LogP contribution in [0.1, 0.15) is 25.0 Å². The summed E-state index contributed by atoms with van der Waals surface area (Å²) in [5.41, 5.74) is 0. The molecule has 1 aromatic heterocycles. The summed E-state index contributed by atoms with van der Waals surface area (Å²) in [6.45, 7) is 1.43. The van der Waals surface area contributed by atoms with Crippen LogP contribution in [0.4, 0.5) is 13.2 Å². The van der Waals surface area contributed by atoms with Crippen molar-refractivity contribution in [1.82, 2.24) is 20.1 Å². The van der Waals surface area contributed by atoms with Gasteiger partial charge in [0.1, 0.15) is 11.6 Å². The average molecular weight is 412 g/mol. The molecule has 2 aliphatic heterocycles. The summed E-state index contributed by atoms with van der Waals surface area (Å²) in [6.07, 6.45) is -4.90. The first-order chi connectivity index (χ1) is 13.8. The second kappa shape index (κ2) is 7.45. The quantitative estimate of drug-likeness (QED) is 0.810. The van der Waals surface area contributed by atoms with Crippen molar-refractivity contribution in [3.63, 3.8) is 0 Å². The minimum atomic E-state index is -4.27. The van der Waals surface area contributed by atoms with Crippen LogP contribution < -0.4 is 19.5 Å². The molecule has 1 amide bonds. The molecule has 3 heterocycles. The summed E-state index contributed by atoms with van der Waals surface area (Å²) in [5.74, 6) is 0.492. The molecule has 2 aromatic rings. The van der Waals surface area contributed by atoms with E-state index in [2.05, 4.69) is 15.5 Å². The van der Waals surface area contributed by atoms with Gasteiger partial charge in [0.2, 0.25) is 6.79 Å². The average Bonchev–Trinajstić information content (AvgIpc) is 3.31. The molecule has 1 N–H and O–H groups in total. The molecule has 0 saturated carbocycles. The second-order valence-corrected chi connectivity index (χ2v) is 6.91. The van der Waals surface area contributed by atoms with Crippen molar-refractivity contribution in [3.05, 3.63) is 29.8 Å². The number of nitrogens with one attached hydrogen (secondary N) is 1. The molecule has 0 spiro atoms. The number of rotatable bonds is 5. The molecule has 156 valence electrons. The van der Waals surface area contributed by atoms with Gasteiger partial charge in [0.15, 0.2) is 23.4 Å². The second-order valence-electron chi connectivity index (χ2n) is 6.91. The molecule has 2 atom stereocenters. The molecule has 1 aromatic carbocycles. The lowest BCUT2D eigenvalue weighted by Gasteiger charge is -2.26. The fourth-order valence-corrected chi connectivity index (χ4v) is 3.30. The summed E-state index contributed by atoms with van der Waals surface area (Å²) in [5, 5.41) is 10.5. The fraction of sp³-hybridized carbons (Fsp3) is 0.500. The van der Waals surface area contributed by atoms with E-state index in [-0.39, 0.29) is 38.5 Å². The number of carbonyl (C=O) groups is 1. The maximum atomic E-state index is 13.0. The van der Waals surface area contributed by atoms with E-state index >= 15 is 0 Å². The number of hydrogen-bond donors (Lipinski definition) is 1. The van der Waals surface area contributed by atoms with Crippen molar-refractivity contribution < 1.29 is 32.2 Å². The molecule has 0 saturated heterocycles. The number of alkyl halides is 3. The van der Waals surface area contributed by atoms with E-state index in [4.69, 9.17) is 14.2 Å². The zero-order chi connectivity index (χ0) is 20.6. The van der Waals surface area contributed by atoms with Gasteiger partial charge in [-0.2, -0.15) is 13.2 Å². The summed E-state index contributed by atoms with van der Waals surface area (Å²) in [4.78, 5) is 12.3. The van der Waals surface area contributed by atoms with E-state index in [0.717, 1.165) is 0 Å². The number of hydrogen-bond acceptors (Lipinski definition) is 6. The van der Waals surface area contributed by atoms with E-state index in [1.807, 2.05) is 0 Å². The predicted octanol–water partition coefficient (Wildman–Crippen LogP) is 2.22. The highest BCUT2D eigenvalue weighted by Crippen LogP contribution is 2.36. The number of ether oxygens (including phenoxy) is 3. The smallest absolute Gasteiger partial charge is 0.393 e. The molecule has 4 rings (SSSR count). The largest absolute Gasteiger partial charge is 0.481 e. The van der Waals surface area contributed by atoms with Crippen molar-refractivity contribution in [2.45, 2.75) is 45.1 Å². The Morgan fingerprint density at radius 2 is 2.14 bits per heavy atom. The fourth-order valence-electron chi connectivity index (χ4n) is 3.30. The Balaban J connectivity index is 1.35. The number of amides is 1. The van der Waals surface area contributed by atoms with Gasteiger partial charge in [-0.25, -0.2) is 0 Å². The standard InChI is InChI=1S/C18H19F3N4O4/c1-10(29-12-3-4-13-14(6-12)28-9-27-13)17(26)22-7-16-24-23-15-5-2-11(8-25(15)16)18(19,20)21/h3-4,6,10-11H,2,5,7-9H2,1H3,(H,22,26). The third kappa shape index (κ3) is 4.08. The highest BCUT2D eigenvalue weighted by atomic mass is 19.4. The van der Waals surface area contributed by atoms with E-state index in [9.17, 15) is 18.0 Å². The van der Waals surface area contributed by atoms with Crippen LogP contribution in [0.2, 0.25) is 0 Å². The lowest BCUT2D eigenvalue weighted by molar-refractivity contribution is -0.182. The van der Waals surface area contributed by atoms with Crippen molar-refractivity contribution in [2.24, 2.45) is 5.92 Å². The first-order valence-electron chi connectivity index (χ1n) is 9.13. The topological polar surface area (TPSA) is 87.5 Å². The first-order valence-corrected chi connectivity index (χ1v) is 9.13. The highest BCUT2D eigenvalue weighted by molar-refractivity contribution is 5.80. The minimum absolute atomic E-state index is 0.00556. The maximum absolute atomic E-state index is 13.0. The molecule has 29 heavy (non-hydrogen) atoms. The molecule has 11 heteroatoms. The molecule has 0 fully saturated rings. The monoisotopic (exact) mass is 412 g/mol. The molecule has 2 unspecified atom stereocenters. The number of aryl methyl sites for hydroxylation is 1. The lowest BCUT2D eigenvalue weighted by atomic mass is 9.99. The van der Waals surface area contributed by atoms with Crippen LogP contribution in [0.5, 0.6) is 17.2 Å². The Kier molecular flexibility index (Phi) is 4.97. The van der Waals surface area contributed by atoms with Crippen LogP contribution in [-0.4, -0.2) is 39.7 Å².